The lowest BCUT2D eigenvalue weighted by Gasteiger charge is -2.03. The van der Waals surface area contributed by atoms with E-state index < -0.39 is 0 Å². The minimum absolute atomic E-state index is 0.173. The Labute approximate surface area is 160 Å². The zero-order valence-corrected chi connectivity index (χ0v) is 15.5. The van der Waals surface area contributed by atoms with E-state index in [9.17, 15) is 4.79 Å². The molecular formula is C21H17N3O2S. The molecule has 0 spiro atoms. The molecular weight excluding hydrogens is 358 g/mol. The van der Waals surface area contributed by atoms with Gasteiger partial charge in [0.2, 0.25) is 5.89 Å². The van der Waals surface area contributed by atoms with E-state index in [0.717, 1.165) is 22.6 Å². The van der Waals surface area contributed by atoms with Crippen molar-refractivity contribution in [3.8, 4) is 22.7 Å². The fourth-order valence-electron chi connectivity index (χ4n) is 2.66. The van der Waals surface area contributed by atoms with Gasteiger partial charge in [-0.05, 0) is 19.1 Å². The van der Waals surface area contributed by atoms with Crippen molar-refractivity contribution in [2.75, 3.05) is 0 Å². The molecule has 0 aliphatic rings. The number of aromatic amines is 1. The van der Waals surface area contributed by atoms with Crippen molar-refractivity contribution in [3.63, 3.8) is 0 Å². The Morgan fingerprint density at radius 2 is 1.63 bits per heavy atom. The lowest BCUT2D eigenvalue weighted by Crippen LogP contribution is -2.08. The summed E-state index contributed by atoms with van der Waals surface area (Å²) in [5.41, 5.74) is 3.17. The average Bonchev–Trinajstić information content (AvgIpc) is 3.08. The van der Waals surface area contributed by atoms with Gasteiger partial charge in [-0.25, -0.2) is 9.97 Å². The van der Waals surface area contributed by atoms with Gasteiger partial charge in [0.15, 0.2) is 5.16 Å². The standard InChI is InChI=1S/C21H17N3O2S/c1-14-18(22-20(26-14)16-10-6-3-7-11-16)13-27-21-23-17(12-19(25)24-21)15-8-4-2-5-9-15/h2-12H,13H2,1H3,(H,23,24,25). The molecule has 0 saturated carbocycles. The van der Waals surface area contributed by atoms with Gasteiger partial charge in [0.05, 0.1) is 11.4 Å². The van der Waals surface area contributed by atoms with E-state index in [1.165, 1.54) is 17.8 Å². The number of hydrogen-bond donors (Lipinski definition) is 1. The van der Waals surface area contributed by atoms with Crippen molar-refractivity contribution in [1.29, 1.82) is 0 Å². The number of thioether (sulfide) groups is 1. The second kappa shape index (κ2) is 7.63. The van der Waals surface area contributed by atoms with Gasteiger partial charge >= 0.3 is 0 Å². The number of hydrogen-bond acceptors (Lipinski definition) is 5. The molecule has 4 rings (SSSR count). The van der Waals surface area contributed by atoms with Crippen LogP contribution in [0.25, 0.3) is 22.7 Å². The zero-order chi connectivity index (χ0) is 18.6. The molecule has 0 fully saturated rings. The van der Waals surface area contributed by atoms with Gasteiger partial charge in [-0.15, -0.1) is 0 Å². The van der Waals surface area contributed by atoms with Gasteiger partial charge in [-0.1, -0.05) is 60.3 Å². The van der Waals surface area contributed by atoms with Crippen LogP contribution in [0, 0.1) is 6.92 Å². The molecule has 5 nitrogen and oxygen atoms in total. The highest BCUT2D eigenvalue weighted by molar-refractivity contribution is 7.98. The van der Waals surface area contributed by atoms with Crippen molar-refractivity contribution >= 4 is 11.8 Å². The van der Waals surface area contributed by atoms with E-state index in [1.54, 1.807) is 0 Å². The van der Waals surface area contributed by atoms with E-state index in [0.29, 0.717) is 22.5 Å². The molecule has 6 heteroatoms. The quantitative estimate of drug-likeness (QED) is 0.405. The monoisotopic (exact) mass is 375 g/mol. The van der Waals surface area contributed by atoms with Crippen LogP contribution in [0.15, 0.2) is 81.1 Å². The third-order valence-corrected chi connectivity index (χ3v) is 4.93. The van der Waals surface area contributed by atoms with E-state index in [4.69, 9.17) is 4.42 Å². The van der Waals surface area contributed by atoms with Crippen LogP contribution in [0.1, 0.15) is 11.5 Å². The van der Waals surface area contributed by atoms with Gasteiger partial charge in [0.25, 0.3) is 5.56 Å². The Kier molecular flexibility index (Phi) is 4.89. The van der Waals surface area contributed by atoms with E-state index in [1.807, 2.05) is 67.6 Å². The molecule has 4 aromatic rings. The summed E-state index contributed by atoms with van der Waals surface area (Å²) >= 11 is 1.43. The predicted molar refractivity (Wildman–Crippen MR) is 107 cm³/mol. The first kappa shape index (κ1) is 17.3. The molecule has 0 amide bonds. The number of H-pyrrole nitrogens is 1. The van der Waals surface area contributed by atoms with Crippen LogP contribution in [0.2, 0.25) is 0 Å². The van der Waals surface area contributed by atoms with E-state index in [2.05, 4.69) is 15.0 Å². The Bertz CT molecular complexity index is 1110. The molecule has 0 atom stereocenters. The molecule has 0 aliphatic heterocycles. The second-order valence-corrected chi connectivity index (χ2v) is 6.94. The summed E-state index contributed by atoms with van der Waals surface area (Å²) in [5, 5.41) is 0.560. The SMILES string of the molecule is Cc1oc(-c2ccccc2)nc1CSc1nc(-c2ccccc2)cc(=O)[nH]1. The first-order chi connectivity index (χ1) is 13.2. The highest BCUT2D eigenvalue weighted by Gasteiger charge is 2.12. The summed E-state index contributed by atoms with van der Waals surface area (Å²) in [6.07, 6.45) is 0. The van der Waals surface area contributed by atoms with Crippen LogP contribution in [-0.4, -0.2) is 15.0 Å². The van der Waals surface area contributed by atoms with Crippen LogP contribution in [0.3, 0.4) is 0 Å². The Morgan fingerprint density at radius 1 is 0.963 bits per heavy atom. The third kappa shape index (κ3) is 4.01. The molecule has 134 valence electrons. The normalized spacial score (nSPS) is 10.9. The summed E-state index contributed by atoms with van der Waals surface area (Å²) in [4.78, 5) is 23.9. The summed E-state index contributed by atoms with van der Waals surface area (Å²) < 4.78 is 5.79. The van der Waals surface area contributed by atoms with Crippen LogP contribution in [0.5, 0.6) is 0 Å². The number of aromatic nitrogens is 3. The summed E-state index contributed by atoms with van der Waals surface area (Å²) in [5.74, 6) is 1.93. The Hall–Kier alpha value is -3.12. The van der Waals surface area contributed by atoms with Gasteiger partial charge in [0.1, 0.15) is 5.76 Å². The van der Waals surface area contributed by atoms with Gasteiger partial charge in [-0.3, -0.25) is 4.79 Å². The average molecular weight is 375 g/mol. The van der Waals surface area contributed by atoms with Crippen molar-refractivity contribution in [3.05, 3.63) is 88.5 Å². The summed E-state index contributed by atoms with van der Waals surface area (Å²) in [6.45, 7) is 1.89. The maximum absolute atomic E-state index is 12.0. The minimum Gasteiger partial charge on any atom is -0.441 e. The summed E-state index contributed by atoms with van der Waals surface area (Å²) in [6, 6.07) is 20.9. The molecule has 0 unspecified atom stereocenters. The maximum atomic E-state index is 12.0. The largest absolute Gasteiger partial charge is 0.441 e. The second-order valence-electron chi connectivity index (χ2n) is 5.98. The molecule has 2 aromatic carbocycles. The maximum Gasteiger partial charge on any atom is 0.252 e. The predicted octanol–water partition coefficient (Wildman–Crippen LogP) is 4.69. The topological polar surface area (TPSA) is 71.8 Å². The number of aryl methyl sites for hydroxylation is 1. The summed E-state index contributed by atoms with van der Waals surface area (Å²) in [7, 11) is 0. The number of rotatable bonds is 5. The molecule has 2 heterocycles. The minimum atomic E-state index is -0.173. The van der Waals surface area contributed by atoms with E-state index in [-0.39, 0.29) is 5.56 Å². The first-order valence-electron chi connectivity index (χ1n) is 8.50. The Balaban J connectivity index is 1.55. The fourth-order valence-corrected chi connectivity index (χ4v) is 3.54. The highest BCUT2D eigenvalue weighted by Crippen LogP contribution is 2.26. The van der Waals surface area contributed by atoms with Crippen molar-refractivity contribution in [2.24, 2.45) is 0 Å². The fraction of sp³-hybridized carbons (Fsp3) is 0.0952. The molecule has 27 heavy (non-hydrogen) atoms. The smallest absolute Gasteiger partial charge is 0.252 e. The van der Waals surface area contributed by atoms with Gasteiger partial charge < -0.3 is 9.40 Å². The Morgan fingerprint density at radius 3 is 2.33 bits per heavy atom. The molecule has 1 N–H and O–H groups in total. The van der Waals surface area contributed by atoms with Crippen molar-refractivity contribution in [2.45, 2.75) is 17.8 Å². The third-order valence-electron chi connectivity index (χ3n) is 4.05. The van der Waals surface area contributed by atoms with Gasteiger partial charge in [0, 0.05) is 22.9 Å². The zero-order valence-electron chi connectivity index (χ0n) is 14.7. The van der Waals surface area contributed by atoms with Crippen LogP contribution in [0.4, 0.5) is 0 Å². The van der Waals surface area contributed by atoms with Crippen LogP contribution in [-0.2, 0) is 5.75 Å². The van der Waals surface area contributed by atoms with Crippen LogP contribution < -0.4 is 5.56 Å². The first-order valence-corrected chi connectivity index (χ1v) is 9.49. The van der Waals surface area contributed by atoms with Crippen LogP contribution >= 0.6 is 11.8 Å². The van der Waals surface area contributed by atoms with Gasteiger partial charge in [-0.2, -0.15) is 0 Å². The number of nitrogens with one attached hydrogen (secondary N) is 1. The molecule has 0 bridgehead atoms. The van der Waals surface area contributed by atoms with Crippen molar-refractivity contribution in [1.82, 2.24) is 15.0 Å². The van der Waals surface area contributed by atoms with Crippen molar-refractivity contribution < 1.29 is 4.42 Å². The number of nitrogens with zero attached hydrogens (tertiary/aromatic N) is 2. The van der Waals surface area contributed by atoms with E-state index >= 15 is 0 Å². The molecule has 2 aromatic heterocycles. The lowest BCUT2D eigenvalue weighted by molar-refractivity contribution is 0.540. The molecule has 0 radical (unpaired) electrons. The highest BCUT2D eigenvalue weighted by atomic mass is 32.2. The number of oxazole rings is 1. The lowest BCUT2D eigenvalue weighted by atomic mass is 10.1. The molecule has 0 aliphatic carbocycles. The number of benzene rings is 2. The molecule has 0 saturated heterocycles.